The van der Waals surface area contributed by atoms with Crippen molar-refractivity contribution in [1.29, 1.82) is 0 Å². The van der Waals surface area contributed by atoms with Gasteiger partial charge in [0.2, 0.25) is 23.6 Å². The van der Waals surface area contributed by atoms with Crippen molar-refractivity contribution in [2.24, 2.45) is 17.6 Å². The second kappa shape index (κ2) is 30.2. The number of allylic oxidation sites excluding steroid dienone is 3. The van der Waals surface area contributed by atoms with Crippen LogP contribution in [-0.4, -0.2) is 170 Å². The minimum absolute atomic E-state index is 0.0753. The van der Waals surface area contributed by atoms with E-state index in [0.717, 1.165) is 20.9 Å². The van der Waals surface area contributed by atoms with E-state index in [1.54, 1.807) is 52.0 Å². The van der Waals surface area contributed by atoms with Gasteiger partial charge in [-0.2, -0.15) is 0 Å². The molecule has 4 bridgehead atoms. The summed E-state index contributed by atoms with van der Waals surface area (Å²) in [6.07, 6.45) is 4.92. The van der Waals surface area contributed by atoms with Crippen LogP contribution in [0.1, 0.15) is 115 Å². The first kappa shape index (κ1) is 68.2. The highest BCUT2D eigenvalue weighted by Gasteiger charge is 2.64. The van der Waals surface area contributed by atoms with Gasteiger partial charge in [0.1, 0.15) is 52.8 Å². The van der Waals surface area contributed by atoms with E-state index in [2.05, 4.69) is 26.6 Å². The molecular formula is C61H82ClN9O16. The van der Waals surface area contributed by atoms with Crippen molar-refractivity contribution in [3.05, 3.63) is 88.5 Å². The lowest BCUT2D eigenvalue weighted by Crippen LogP contribution is -2.63. The van der Waals surface area contributed by atoms with Crippen molar-refractivity contribution in [3.63, 3.8) is 0 Å². The number of carbonyl (C=O) groups is 10. The highest BCUT2D eigenvalue weighted by molar-refractivity contribution is 6.35. The molecule has 474 valence electrons. The molecular weight excluding hydrogens is 1150 g/mol. The average Bonchev–Trinajstić information content (AvgIpc) is 1.60. The van der Waals surface area contributed by atoms with Crippen LogP contribution < -0.4 is 42.0 Å². The number of nitrogens with one attached hydrogen (secondary N) is 5. The number of nitrogens with two attached hydrogens (primary N) is 1. The molecule has 0 unspecified atom stereocenters. The summed E-state index contributed by atoms with van der Waals surface area (Å²) in [5, 5.41) is 25.4. The van der Waals surface area contributed by atoms with Crippen LogP contribution in [0.5, 0.6) is 5.75 Å². The van der Waals surface area contributed by atoms with E-state index in [1.807, 2.05) is 13.0 Å². The molecule has 8 N–H and O–H groups in total. The molecule has 25 nitrogen and oxygen atoms in total. The number of methoxy groups -OCH3 is 2. The zero-order valence-electron chi connectivity index (χ0n) is 50.9. The van der Waals surface area contributed by atoms with E-state index in [9.17, 15) is 53.1 Å². The minimum Gasteiger partial charge on any atom is -0.495 e. The number of fused-ring (bicyclic) bond motifs is 5. The van der Waals surface area contributed by atoms with Gasteiger partial charge in [-0.15, -0.1) is 0 Å². The van der Waals surface area contributed by atoms with Crippen LogP contribution >= 0.6 is 11.6 Å². The number of amides is 10. The maximum absolute atomic E-state index is 14.5. The molecule has 2 fully saturated rings. The van der Waals surface area contributed by atoms with Crippen LogP contribution in [0.3, 0.4) is 0 Å². The Balaban J connectivity index is 1.15. The predicted octanol–water partition coefficient (Wildman–Crippen LogP) is 4.72. The number of urea groups is 1. The third-order valence-corrected chi connectivity index (χ3v) is 16.5. The van der Waals surface area contributed by atoms with Crippen molar-refractivity contribution in [3.8, 4) is 5.75 Å². The Morgan fingerprint density at radius 3 is 2.29 bits per heavy atom. The standard InChI is InChI=1S/C61H82ClN9O16/c1-34(2)52(67-47(72)20-12-11-15-28-71-48(73)25-26-49(71)74)55(77)66-41(18-13-14-27-64-58(63)80)54(76)65-40-23-21-39(22-24-40)56(78)69(7)37(5)57(79)86-46-32-50(75)70(8)42-30-38(31-43(83-9)51(42)62)29-35(3)17-16-19-45(84-10)61(82)33-44(85-59(81)68-61)36(4)53-60(46,6)87-53/h16-17,19,21-26,30-31,34,36-37,41,44-46,52-53,82H,11-15,18,20,27-29,32-33H2,1-10H3,(H,65,76)(H,66,77)(H,67,72)(H,68,81)(H3,63,64,80)/b19-16+,35-17+/t36-,37+,41+,44+,45-,46+,52+,53+,60+,61+/m1/s1. The Morgan fingerprint density at radius 2 is 1.64 bits per heavy atom. The molecule has 26 heteroatoms. The molecule has 10 atom stereocenters. The number of nitrogens with zero attached hydrogens (tertiary/aromatic N) is 3. The summed E-state index contributed by atoms with van der Waals surface area (Å²) < 4.78 is 29.6. The summed E-state index contributed by atoms with van der Waals surface area (Å²) in [5.41, 5.74) is 4.23. The van der Waals surface area contributed by atoms with E-state index in [-0.39, 0.29) is 66.4 Å². The number of hydrogen-bond acceptors (Lipinski definition) is 16. The summed E-state index contributed by atoms with van der Waals surface area (Å²) in [5.74, 6) is -5.14. The van der Waals surface area contributed by atoms with Crippen LogP contribution in [0.25, 0.3) is 0 Å². The SMILES string of the molecule is COc1cc2cc(c1Cl)N(C)C(=O)C[C@H](OC(=O)[C@H](C)N(C)C(=O)c1ccc(NC(=O)[C@H](CCCCNC(N)=O)NC(=O)[C@@H](NC(=O)CCCCCN3C(=O)C=CC3=O)C(C)C)cc1)[C@]1(C)O[C@H]1[C@H](C)[C@@H]1C[C@@](O)(NC(=O)O1)[C@H](OC)/C=C/C=C(\C)C2. The number of imide groups is 1. The largest absolute Gasteiger partial charge is 0.495 e. The molecule has 0 saturated carbocycles. The zero-order chi connectivity index (χ0) is 64.1. The first-order valence-corrected chi connectivity index (χ1v) is 29.4. The van der Waals surface area contributed by atoms with Gasteiger partial charge in [0.05, 0.1) is 25.3 Å². The van der Waals surface area contributed by atoms with Crippen molar-refractivity contribution in [1.82, 2.24) is 31.1 Å². The normalized spacial score (nSPS) is 24.9. The summed E-state index contributed by atoms with van der Waals surface area (Å²) in [6.45, 7) is 10.7. The molecule has 6 rings (SSSR count). The number of hydrogen-bond donors (Lipinski definition) is 7. The van der Waals surface area contributed by atoms with E-state index in [1.165, 1.54) is 76.6 Å². The lowest BCUT2D eigenvalue weighted by molar-refractivity contribution is -0.158. The van der Waals surface area contributed by atoms with Gasteiger partial charge in [-0.05, 0) is 107 Å². The van der Waals surface area contributed by atoms with Crippen molar-refractivity contribution < 1.29 is 76.7 Å². The number of likely N-dealkylation sites (N-methyl/N-ethyl adjacent to an activating group) is 1. The van der Waals surface area contributed by atoms with Crippen molar-refractivity contribution >= 4 is 82.4 Å². The van der Waals surface area contributed by atoms with Gasteiger partial charge in [-0.25, -0.2) is 14.4 Å². The highest BCUT2D eigenvalue weighted by atomic mass is 35.5. The van der Waals surface area contributed by atoms with Gasteiger partial charge >= 0.3 is 18.1 Å². The summed E-state index contributed by atoms with van der Waals surface area (Å²) in [7, 11) is 5.77. The summed E-state index contributed by atoms with van der Waals surface area (Å²) in [6, 6.07) is 5.19. The van der Waals surface area contributed by atoms with Gasteiger partial charge < -0.3 is 65.6 Å². The molecule has 0 radical (unpaired) electrons. The number of rotatable bonds is 23. The zero-order valence-corrected chi connectivity index (χ0v) is 51.7. The number of ether oxygens (including phenoxy) is 5. The Bertz CT molecular complexity index is 2990. The first-order valence-electron chi connectivity index (χ1n) is 29.0. The molecule has 10 amide bonds. The maximum atomic E-state index is 14.5. The number of aliphatic hydroxyl groups is 1. The monoisotopic (exact) mass is 1230 g/mol. The molecule has 87 heavy (non-hydrogen) atoms. The second-order valence-electron chi connectivity index (χ2n) is 23.0. The van der Waals surface area contributed by atoms with E-state index in [4.69, 9.17) is 41.0 Å². The predicted molar refractivity (Wildman–Crippen MR) is 320 cm³/mol. The molecule has 2 saturated heterocycles. The number of primary amides is 1. The fourth-order valence-corrected chi connectivity index (χ4v) is 11.0. The smallest absolute Gasteiger partial charge is 0.409 e. The average molecular weight is 1230 g/mol. The third kappa shape index (κ3) is 17.7. The Labute approximate surface area is 511 Å². The molecule has 0 aromatic heterocycles. The quantitative estimate of drug-likeness (QED) is 0.0343. The van der Waals surface area contributed by atoms with E-state index in [0.29, 0.717) is 50.0 Å². The molecule has 0 aliphatic carbocycles. The van der Waals surface area contributed by atoms with Gasteiger partial charge in [0, 0.05) is 76.5 Å². The number of alkyl carbamates (subject to hydrolysis) is 1. The molecule has 4 aliphatic rings. The molecule has 2 aromatic carbocycles. The summed E-state index contributed by atoms with van der Waals surface area (Å²) >= 11 is 6.85. The number of esters is 1. The fourth-order valence-electron chi connectivity index (χ4n) is 10.7. The third-order valence-electron chi connectivity index (χ3n) is 16.2. The highest BCUT2D eigenvalue weighted by Crippen LogP contribution is 2.49. The van der Waals surface area contributed by atoms with Crippen LogP contribution in [-0.2, 0) is 58.9 Å². The molecule has 0 spiro atoms. The number of halogens is 1. The fraction of sp³-hybridized carbons (Fsp3) is 0.541. The Kier molecular flexibility index (Phi) is 23.7. The topological polar surface area (TPSA) is 336 Å². The Hall–Kier alpha value is -7.87. The van der Waals surface area contributed by atoms with Crippen LogP contribution in [0.2, 0.25) is 5.02 Å². The number of anilines is 2. The second-order valence-corrected chi connectivity index (χ2v) is 23.4. The molecule has 4 heterocycles. The molecule has 4 aliphatic heterocycles. The number of unbranched alkanes of at least 4 members (excludes halogenated alkanes) is 3. The first-order chi connectivity index (χ1) is 41.1. The number of epoxide rings is 1. The van der Waals surface area contributed by atoms with Crippen LogP contribution in [0.4, 0.5) is 21.0 Å². The number of benzene rings is 2. The van der Waals surface area contributed by atoms with Crippen LogP contribution in [0.15, 0.2) is 72.4 Å². The van der Waals surface area contributed by atoms with E-state index >= 15 is 0 Å². The maximum Gasteiger partial charge on any atom is 0.409 e. The summed E-state index contributed by atoms with van der Waals surface area (Å²) in [4.78, 5) is 136. The molecule has 2 aromatic rings. The van der Waals surface area contributed by atoms with E-state index < -0.39 is 114 Å². The lowest BCUT2D eigenvalue weighted by atomic mass is 9.83. The van der Waals surface area contributed by atoms with Gasteiger partial charge in [0.25, 0.3) is 17.7 Å². The number of carbonyl (C=O) groups excluding carboxylic acids is 10. The van der Waals surface area contributed by atoms with Gasteiger partial charge in [-0.1, -0.05) is 62.6 Å². The lowest BCUT2D eigenvalue weighted by Gasteiger charge is -2.42. The van der Waals surface area contributed by atoms with Crippen molar-refractivity contribution in [2.45, 2.75) is 160 Å². The van der Waals surface area contributed by atoms with Crippen molar-refractivity contribution in [2.75, 3.05) is 51.6 Å². The van der Waals surface area contributed by atoms with Gasteiger partial charge in [0.15, 0.2) is 5.72 Å². The van der Waals surface area contributed by atoms with Gasteiger partial charge in [-0.3, -0.25) is 43.8 Å². The Morgan fingerprint density at radius 1 is 0.954 bits per heavy atom. The van der Waals surface area contributed by atoms with Crippen LogP contribution in [0, 0.1) is 11.8 Å². The minimum atomic E-state index is -1.91.